The number of likely N-dealkylation sites (tertiary alicyclic amines) is 3. The Morgan fingerprint density at radius 2 is 1.33 bits per heavy atom. The molecule has 2 unspecified atom stereocenters. The van der Waals surface area contributed by atoms with Gasteiger partial charge in [-0.05, 0) is 83.3 Å². The monoisotopic (exact) mass is 1110 g/mol. The lowest BCUT2D eigenvalue weighted by atomic mass is 9.85. The lowest BCUT2D eigenvalue weighted by molar-refractivity contribution is -0.146. The molecule has 19 nitrogen and oxygen atoms in total. The maximum atomic E-state index is 13.8. The topological polar surface area (TPSA) is 221 Å². The van der Waals surface area contributed by atoms with Crippen LogP contribution in [0, 0.1) is 22.7 Å². The van der Waals surface area contributed by atoms with E-state index < -0.39 is 36.9 Å². The Labute approximate surface area is 474 Å². The molecule has 2 atom stereocenters. The fraction of sp³-hybridized carbons (Fsp3) is 0.459. The SMILES string of the molecule is C.C.CC(C)(C)OC(=O)N1CCCC1C(=O)N1CC(CC#N)(n2cc(-c3ncnc4c3ccn4COCC[Si](C)(C)C)c3ccccc32)C1.N#CCC1(n2cc(-c3ncnc4[nH]ccc34)c3ccccc32)CN(C(=O)C2CCCN2)C1. The Balaban J connectivity index is 0.000000203. The molecule has 20 heteroatoms. The van der Waals surface area contributed by atoms with E-state index in [-0.39, 0.29) is 39.1 Å². The number of nitriles is 2. The maximum absolute atomic E-state index is 13.8. The number of hydrogen-bond acceptors (Lipinski definition) is 12. The lowest BCUT2D eigenvalue weighted by Crippen LogP contribution is -2.66. The van der Waals surface area contributed by atoms with Crippen LogP contribution in [0.15, 0.2) is 98.1 Å². The van der Waals surface area contributed by atoms with Crippen LogP contribution >= 0.6 is 0 Å². The summed E-state index contributed by atoms with van der Waals surface area (Å²) in [5.74, 6) is 0.0575. The molecular formula is C61H76N14O5Si. The molecule has 0 spiro atoms. The third-order valence-electron chi connectivity index (χ3n) is 16.0. The fourth-order valence-electron chi connectivity index (χ4n) is 12.0. The number of nitrogens with zero attached hydrogens (tertiary/aromatic N) is 12. The third-order valence-corrected chi connectivity index (χ3v) is 17.7. The molecule has 0 saturated carbocycles. The fourth-order valence-corrected chi connectivity index (χ4v) is 12.8. The van der Waals surface area contributed by atoms with Gasteiger partial charge in [0.15, 0.2) is 0 Å². The highest BCUT2D eigenvalue weighted by molar-refractivity contribution is 6.76. The highest BCUT2D eigenvalue weighted by Crippen LogP contribution is 2.44. The Hall–Kier alpha value is -7.91. The molecule has 4 aliphatic rings. The van der Waals surface area contributed by atoms with Gasteiger partial charge < -0.3 is 43.3 Å². The summed E-state index contributed by atoms with van der Waals surface area (Å²) in [5, 5.41) is 26.9. The minimum atomic E-state index is -1.19. The molecular weight excluding hydrogens is 1040 g/mol. The molecule has 4 fully saturated rings. The molecule has 8 aromatic rings. The molecule has 3 amide bonds. The van der Waals surface area contributed by atoms with Crippen molar-refractivity contribution in [1.29, 1.82) is 10.5 Å². The van der Waals surface area contributed by atoms with Crippen molar-refractivity contribution in [2.24, 2.45) is 0 Å². The van der Waals surface area contributed by atoms with E-state index in [1.54, 1.807) is 22.5 Å². The van der Waals surface area contributed by atoms with E-state index in [0.717, 1.165) is 105 Å². The Bertz CT molecular complexity index is 3680. The summed E-state index contributed by atoms with van der Waals surface area (Å²) in [6, 6.07) is 25.6. The molecule has 0 bridgehead atoms. The second kappa shape index (κ2) is 22.9. The number of fused-ring (bicyclic) bond motifs is 4. The normalized spacial score (nSPS) is 18.3. The van der Waals surface area contributed by atoms with Crippen molar-refractivity contribution in [2.75, 3.05) is 45.9 Å². The number of aromatic nitrogens is 8. The van der Waals surface area contributed by atoms with Crippen molar-refractivity contribution in [2.45, 2.75) is 135 Å². The first-order valence-electron chi connectivity index (χ1n) is 27.4. The Kier molecular flexibility index (Phi) is 16.3. The van der Waals surface area contributed by atoms with Crippen LogP contribution in [0.2, 0.25) is 25.7 Å². The van der Waals surface area contributed by atoms with Gasteiger partial charge in [0.1, 0.15) is 42.3 Å². The van der Waals surface area contributed by atoms with Gasteiger partial charge in [0.05, 0.1) is 53.5 Å². The van der Waals surface area contributed by atoms with Crippen molar-refractivity contribution in [3.63, 3.8) is 0 Å². The minimum Gasteiger partial charge on any atom is -0.444 e. The standard InChI is InChI=1S/C35H45N7O4Si.C24H23N7O.2CH4/c1-34(2,3)46-33(44)41-16-9-12-29(41)32(43)40-21-35(22-40,14-15-36)42-20-27(25-10-7-8-11-28(25)42)30-26-13-17-39(31(26)38-23-37-30)24-45-18-19-47(4,5)6;25-9-8-24(13-30(14-24)23(32)19-5-3-10-26-19)31-12-18(16-4-1-2-6-20(16)31)21-17-7-11-27-22(17)29-15-28-21;;/h7-8,10-11,13,17,20,23,29H,9,12,14,16,18-19,21-22,24H2,1-6H3;1-2,4,6-7,11-12,15,19,26H,3,5,8,10,13-14H2,(H,27,28,29);2*1H4. The van der Waals surface area contributed by atoms with Crippen molar-refractivity contribution in [1.82, 2.24) is 58.6 Å². The summed E-state index contributed by atoms with van der Waals surface area (Å²) in [7, 11) is -1.19. The van der Waals surface area contributed by atoms with Crippen molar-refractivity contribution < 1.29 is 23.9 Å². The van der Waals surface area contributed by atoms with Gasteiger partial charge in [-0.2, -0.15) is 10.5 Å². The Morgan fingerprint density at radius 1 is 0.741 bits per heavy atom. The summed E-state index contributed by atoms with van der Waals surface area (Å²) in [4.78, 5) is 66.2. The van der Waals surface area contributed by atoms with Crippen molar-refractivity contribution in [3.8, 4) is 34.7 Å². The smallest absolute Gasteiger partial charge is 0.410 e. The van der Waals surface area contributed by atoms with Gasteiger partial charge in [0.25, 0.3) is 0 Å². The number of benzene rings is 2. The second-order valence-corrected chi connectivity index (χ2v) is 29.5. The summed E-state index contributed by atoms with van der Waals surface area (Å²) in [6.07, 6.45) is 14.6. The minimum absolute atomic E-state index is 0. The van der Waals surface area contributed by atoms with Crippen LogP contribution in [-0.2, 0) is 36.9 Å². The number of carbonyl (C=O) groups excluding carboxylic acids is 3. The lowest BCUT2D eigenvalue weighted by Gasteiger charge is -2.51. The number of aromatic amines is 1. The van der Waals surface area contributed by atoms with Gasteiger partial charge in [0.2, 0.25) is 11.8 Å². The van der Waals surface area contributed by atoms with Gasteiger partial charge in [0, 0.05) is 116 Å². The first-order valence-corrected chi connectivity index (χ1v) is 31.1. The number of ether oxygens (including phenoxy) is 2. The number of carbonyl (C=O) groups is 3. The van der Waals surface area contributed by atoms with Crippen LogP contribution in [0.1, 0.15) is 74.1 Å². The van der Waals surface area contributed by atoms with Crippen LogP contribution in [0.25, 0.3) is 66.4 Å². The molecule has 6 aromatic heterocycles. The molecule has 2 aromatic carbocycles. The molecule has 81 heavy (non-hydrogen) atoms. The summed E-state index contributed by atoms with van der Waals surface area (Å²) in [6.45, 7) is 16.9. The van der Waals surface area contributed by atoms with Gasteiger partial charge in [-0.15, -0.1) is 0 Å². The predicted octanol–water partition coefficient (Wildman–Crippen LogP) is 10.3. The molecule has 0 radical (unpaired) electrons. The van der Waals surface area contributed by atoms with E-state index in [0.29, 0.717) is 52.3 Å². The second-order valence-electron chi connectivity index (χ2n) is 23.9. The first kappa shape index (κ1) is 57.8. The number of hydrogen-bond donors (Lipinski definition) is 2. The highest BCUT2D eigenvalue weighted by Gasteiger charge is 2.51. The average Bonchev–Trinajstić information content (AvgIpc) is 4.44. The van der Waals surface area contributed by atoms with Crippen LogP contribution in [-0.4, -0.2) is 143 Å². The molecule has 4 aliphatic heterocycles. The van der Waals surface area contributed by atoms with Gasteiger partial charge in [-0.1, -0.05) is 70.9 Å². The zero-order valence-electron chi connectivity index (χ0n) is 45.9. The van der Waals surface area contributed by atoms with E-state index >= 15 is 0 Å². The molecule has 2 N–H and O–H groups in total. The van der Waals surface area contributed by atoms with E-state index in [4.69, 9.17) is 14.5 Å². The summed E-state index contributed by atoms with van der Waals surface area (Å²) in [5.41, 5.74) is 5.55. The summed E-state index contributed by atoms with van der Waals surface area (Å²) < 4.78 is 18.0. The summed E-state index contributed by atoms with van der Waals surface area (Å²) >= 11 is 0. The van der Waals surface area contributed by atoms with Crippen molar-refractivity contribution in [3.05, 3.63) is 98.1 Å². The molecule has 12 rings (SSSR count). The number of rotatable bonds is 13. The zero-order valence-corrected chi connectivity index (χ0v) is 46.9. The van der Waals surface area contributed by atoms with E-state index in [1.165, 1.54) is 0 Å². The van der Waals surface area contributed by atoms with Crippen LogP contribution in [0.3, 0.4) is 0 Å². The van der Waals surface area contributed by atoms with Crippen LogP contribution in [0.4, 0.5) is 4.79 Å². The third kappa shape index (κ3) is 11.0. The first-order chi connectivity index (χ1) is 38.0. The molecule has 4 saturated heterocycles. The number of H-pyrrole nitrogens is 1. The van der Waals surface area contributed by atoms with Gasteiger partial charge >= 0.3 is 6.09 Å². The largest absolute Gasteiger partial charge is 0.444 e. The average molecular weight is 1110 g/mol. The number of para-hydroxylation sites is 2. The van der Waals surface area contributed by atoms with Gasteiger partial charge in [-0.25, -0.2) is 24.7 Å². The molecule has 0 aliphatic carbocycles. The zero-order chi connectivity index (χ0) is 55.3. The number of amides is 3. The maximum Gasteiger partial charge on any atom is 0.410 e. The Morgan fingerprint density at radius 3 is 1.91 bits per heavy atom. The van der Waals surface area contributed by atoms with E-state index in [1.807, 2.05) is 79.0 Å². The quantitative estimate of drug-likeness (QED) is 0.0813. The highest BCUT2D eigenvalue weighted by atomic mass is 28.3. The van der Waals surface area contributed by atoms with Gasteiger partial charge in [-0.3, -0.25) is 14.5 Å². The predicted molar refractivity (Wildman–Crippen MR) is 317 cm³/mol. The van der Waals surface area contributed by atoms with E-state index in [2.05, 4.69) is 103 Å². The van der Waals surface area contributed by atoms with Crippen molar-refractivity contribution >= 4 is 69.9 Å². The van der Waals surface area contributed by atoms with Crippen LogP contribution in [0.5, 0.6) is 0 Å². The number of nitrogens with one attached hydrogen (secondary N) is 2. The van der Waals surface area contributed by atoms with Crippen LogP contribution < -0.4 is 5.32 Å². The van der Waals surface area contributed by atoms with E-state index in [9.17, 15) is 24.9 Å². The molecule has 424 valence electrons. The molecule has 10 heterocycles.